The van der Waals surface area contributed by atoms with Crippen molar-refractivity contribution in [2.45, 2.75) is 147 Å². The van der Waals surface area contributed by atoms with Crippen molar-refractivity contribution in [3.63, 3.8) is 0 Å². The van der Waals surface area contributed by atoms with Crippen LogP contribution in [0.25, 0.3) is 0 Å². The molecule has 3 aliphatic heterocycles. The van der Waals surface area contributed by atoms with Crippen LogP contribution in [-0.2, 0) is 42.7 Å². The summed E-state index contributed by atoms with van der Waals surface area (Å²) < 4.78 is 40.9. The van der Waals surface area contributed by atoms with Crippen LogP contribution in [0.4, 0.5) is 0 Å². The molecule has 0 saturated carbocycles. The van der Waals surface area contributed by atoms with Gasteiger partial charge in [-0.1, -0.05) is 32.9 Å². The molecule has 0 radical (unpaired) electrons. The van der Waals surface area contributed by atoms with Crippen LogP contribution in [0.5, 0.6) is 0 Å². The highest BCUT2D eigenvalue weighted by atomic mass is 16.7. The zero-order chi connectivity index (χ0) is 37.5. The van der Waals surface area contributed by atoms with Gasteiger partial charge in [0.1, 0.15) is 36.1 Å². The van der Waals surface area contributed by atoms with Crippen LogP contribution in [0, 0.1) is 23.7 Å². The molecule has 288 valence electrons. The lowest BCUT2D eigenvalue weighted by Crippen LogP contribution is -2.63. The Morgan fingerprint density at radius 1 is 0.880 bits per heavy atom. The van der Waals surface area contributed by atoms with E-state index >= 15 is 0 Å². The second-order valence-corrected chi connectivity index (χ2v) is 14.5. The average molecular weight is 717 g/mol. The van der Waals surface area contributed by atoms with Crippen LogP contribution >= 0.6 is 0 Å². The van der Waals surface area contributed by atoms with Crippen molar-refractivity contribution >= 4 is 11.8 Å². The molecule has 0 aromatic rings. The average Bonchev–Trinajstić information content (AvgIpc) is 3.05. The van der Waals surface area contributed by atoms with Crippen molar-refractivity contribution in [2.24, 2.45) is 23.7 Å². The van der Waals surface area contributed by atoms with Gasteiger partial charge in [-0.3, -0.25) is 4.79 Å². The van der Waals surface area contributed by atoms with E-state index in [4.69, 9.17) is 33.2 Å². The zero-order valence-corrected chi connectivity index (χ0v) is 30.8. The monoisotopic (exact) mass is 716 g/mol. The van der Waals surface area contributed by atoms with Crippen molar-refractivity contribution in [1.82, 2.24) is 0 Å². The van der Waals surface area contributed by atoms with E-state index in [1.807, 2.05) is 13.8 Å². The Labute approximate surface area is 295 Å². The zero-order valence-electron chi connectivity index (χ0n) is 30.8. The number of aliphatic hydroxyl groups excluding tert-OH is 4. The Kier molecular flexibility index (Phi) is 16.0. The molecule has 0 aliphatic carbocycles. The number of carbonyl (C=O) groups excluding carboxylic acids is 2. The first-order valence-electron chi connectivity index (χ1n) is 17.6. The maximum Gasteiger partial charge on any atom is 0.330 e. The Balaban J connectivity index is 1.85. The molecule has 17 unspecified atom stereocenters. The van der Waals surface area contributed by atoms with Crippen molar-refractivity contribution in [3.05, 3.63) is 24.3 Å². The Morgan fingerprint density at radius 3 is 2.16 bits per heavy atom. The standard InChI is InChI=1S/C36H60O14/c1-18-10-13-28(40)48-22(5)25(17-46-34-32(45-9)31(44-8)29(41)23(6)49-34)15-26(38)11-12-27(39)19(2)14-20(3)30(18)50-35-33(42)36(43,24(7)37)16-21(4)47-35/h10-13,18-26,29-35,37-38,41-43H,14-17H2,1-9H3/b12-11+,13-10+. The molecule has 3 rings (SSSR count). The minimum atomic E-state index is -1.86. The summed E-state index contributed by atoms with van der Waals surface area (Å²) in [6.45, 7) is 11.9. The van der Waals surface area contributed by atoms with Gasteiger partial charge in [0.2, 0.25) is 0 Å². The number of cyclic esters (lactones) is 1. The number of hydrogen-bond acceptors (Lipinski definition) is 14. The Bertz CT molecular complexity index is 1150. The molecule has 5 N–H and O–H groups in total. The number of allylic oxidation sites excluding steroid dienone is 1. The van der Waals surface area contributed by atoms with E-state index in [0.29, 0.717) is 6.42 Å². The van der Waals surface area contributed by atoms with Crippen molar-refractivity contribution in [3.8, 4) is 0 Å². The van der Waals surface area contributed by atoms with Gasteiger partial charge in [0.05, 0.1) is 37.1 Å². The van der Waals surface area contributed by atoms with Gasteiger partial charge in [-0.05, 0) is 52.5 Å². The molecule has 2 saturated heterocycles. The highest BCUT2D eigenvalue weighted by Gasteiger charge is 2.52. The van der Waals surface area contributed by atoms with Gasteiger partial charge < -0.3 is 58.7 Å². The number of methoxy groups -OCH3 is 2. The van der Waals surface area contributed by atoms with Crippen molar-refractivity contribution in [2.75, 3.05) is 20.8 Å². The van der Waals surface area contributed by atoms with Gasteiger partial charge in [-0.2, -0.15) is 0 Å². The molecule has 14 heteroatoms. The predicted octanol–water partition coefficient (Wildman–Crippen LogP) is 1.42. The van der Waals surface area contributed by atoms with Gasteiger partial charge in [0, 0.05) is 44.5 Å². The van der Waals surface area contributed by atoms with Gasteiger partial charge in [-0.15, -0.1) is 0 Å². The SMILES string of the molecule is COC1C(OCC2CC(O)/C=C/C(=O)C(C)CC(C)C(OC3OC(C)CC(O)(C(C)O)C3O)C(C)/C=C/C(=O)OC2C)OC(C)C(O)C1OC. The van der Waals surface area contributed by atoms with E-state index in [0.717, 1.165) is 0 Å². The van der Waals surface area contributed by atoms with Crippen LogP contribution < -0.4 is 0 Å². The number of hydrogen-bond donors (Lipinski definition) is 5. The molecule has 0 spiro atoms. The fourth-order valence-corrected chi connectivity index (χ4v) is 7.10. The smallest absolute Gasteiger partial charge is 0.330 e. The molecule has 2 fully saturated rings. The molecule has 14 nitrogen and oxygen atoms in total. The molecule has 17 atom stereocenters. The number of ketones is 1. The van der Waals surface area contributed by atoms with Gasteiger partial charge in [-0.25, -0.2) is 4.79 Å². The minimum absolute atomic E-state index is 0.00227. The van der Waals surface area contributed by atoms with Gasteiger partial charge >= 0.3 is 5.97 Å². The molecule has 3 aliphatic rings. The van der Waals surface area contributed by atoms with Crippen LogP contribution in [0.1, 0.15) is 67.7 Å². The summed E-state index contributed by atoms with van der Waals surface area (Å²) in [5.74, 6) is -2.63. The third kappa shape index (κ3) is 10.6. The first-order valence-corrected chi connectivity index (χ1v) is 17.6. The third-order valence-electron chi connectivity index (χ3n) is 10.4. The summed E-state index contributed by atoms with van der Waals surface area (Å²) in [4.78, 5) is 26.3. The molecular formula is C36H60O14. The predicted molar refractivity (Wildman–Crippen MR) is 179 cm³/mol. The maximum atomic E-state index is 13.2. The van der Waals surface area contributed by atoms with Gasteiger partial charge in [0.25, 0.3) is 0 Å². The largest absolute Gasteiger partial charge is 0.459 e. The number of rotatable bonds is 8. The van der Waals surface area contributed by atoms with Crippen molar-refractivity contribution in [1.29, 1.82) is 0 Å². The van der Waals surface area contributed by atoms with Crippen LogP contribution in [0.3, 0.4) is 0 Å². The van der Waals surface area contributed by atoms with Gasteiger partial charge in [0.15, 0.2) is 18.4 Å². The molecule has 50 heavy (non-hydrogen) atoms. The fraction of sp³-hybridized carbons (Fsp3) is 0.833. The summed E-state index contributed by atoms with van der Waals surface area (Å²) in [5, 5.41) is 53.9. The van der Waals surface area contributed by atoms with Crippen molar-refractivity contribution < 1.29 is 68.3 Å². The third-order valence-corrected chi connectivity index (χ3v) is 10.4. The minimum Gasteiger partial charge on any atom is -0.459 e. The number of esters is 1. The van der Waals surface area contributed by atoms with E-state index in [-0.39, 0.29) is 31.1 Å². The fourth-order valence-electron chi connectivity index (χ4n) is 7.10. The van der Waals surface area contributed by atoms with E-state index in [1.165, 1.54) is 39.4 Å². The Morgan fingerprint density at radius 2 is 1.54 bits per heavy atom. The molecule has 0 aromatic carbocycles. The molecular weight excluding hydrogens is 656 g/mol. The first kappa shape index (κ1) is 42.6. The quantitative estimate of drug-likeness (QED) is 0.226. The van der Waals surface area contributed by atoms with E-state index in [1.54, 1.807) is 33.8 Å². The van der Waals surface area contributed by atoms with E-state index in [9.17, 15) is 35.1 Å². The normalized spacial score (nSPS) is 46.2. The maximum absolute atomic E-state index is 13.2. The number of carbonyl (C=O) groups is 2. The second-order valence-electron chi connectivity index (χ2n) is 14.5. The van der Waals surface area contributed by atoms with Crippen LogP contribution in [0.15, 0.2) is 24.3 Å². The molecule has 0 amide bonds. The van der Waals surface area contributed by atoms with E-state index < -0.39 is 103 Å². The summed E-state index contributed by atoms with van der Waals surface area (Å²) in [5.41, 5.74) is -1.86. The molecule has 0 aromatic heterocycles. The molecule has 0 bridgehead atoms. The summed E-state index contributed by atoms with van der Waals surface area (Å²) in [7, 11) is 2.91. The number of ether oxygens (including phenoxy) is 7. The second kappa shape index (κ2) is 18.8. The lowest BCUT2D eigenvalue weighted by atomic mass is 9.82. The van der Waals surface area contributed by atoms with E-state index in [2.05, 4.69) is 0 Å². The topological polar surface area (TPSA) is 200 Å². The number of aliphatic hydroxyl groups is 5. The first-order chi connectivity index (χ1) is 23.4. The summed E-state index contributed by atoms with van der Waals surface area (Å²) in [6, 6.07) is 0. The molecule has 3 heterocycles. The highest BCUT2D eigenvalue weighted by Crippen LogP contribution is 2.36. The van der Waals surface area contributed by atoms with Crippen LogP contribution in [-0.4, -0.2) is 137 Å². The summed E-state index contributed by atoms with van der Waals surface area (Å²) in [6.07, 6.45) is -5.05. The summed E-state index contributed by atoms with van der Waals surface area (Å²) >= 11 is 0. The highest BCUT2D eigenvalue weighted by molar-refractivity contribution is 5.91. The van der Waals surface area contributed by atoms with Crippen LogP contribution in [0.2, 0.25) is 0 Å². The lowest BCUT2D eigenvalue weighted by Gasteiger charge is -2.47. The Hall–Kier alpha value is -1.82. The lowest BCUT2D eigenvalue weighted by molar-refractivity contribution is -0.322.